The maximum atomic E-state index is 13.4. The summed E-state index contributed by atoms with van der Waals surface area (Å²) in [6.45, 7) is 0. The highest BCUT2D eigenvalue weighted by Crippen LogP contribution is 2.38. The fourth-order valence-corrected chi connectivity index (χ4v) is 1.69. The van der Waals surface area contributed by atoms with Crippen molar-refractivity contribution in [3.05, 3.63) is 34.1 Å². The molecule has 0 radical (unpaired) electrons. The van der Waals surface area contributed by atoms with Gasteiger partial charge in [-0.1, -0.05) is 22.0 Å². The Kier molecular flexibility index (Phi) is 4.13. The van der Waals surface area contributed by atoms with Crippen LogP contribution in [0.3, 0.4) is 0 Å². The van der Waals surface area contributed by atoms with Crippen LogP contribution in [0.4, 0.5) is 17.6 Å². The highest BCUT2D eigenvalue weighted by Gasteiger charge is 2.43. The third-order valence-corrected chi connectivity index (χ3v) is 2.61. The number of hydrogen-bond donors (Lipinski definition) is 1. The van der Waals surface area contributed by atoms with Crippen LogP contribution in [0.25, 0.3) is 0 Å². The number of hydrogen-bond acceptors (Lipinski definition) is 1. The van der Waals surface area contributed by atoms with E-state index in [1.54, 1.807) is 0 Å². The van der Waals surface area contributed by atoms with Crippen LogP contribution in [0.1, 0.15) is 17.9 Å². The molecular weight excluding hydrogens is 308 g/mol. The lowest BCUT2D eigenvalue weighted by Crippen LogP contribution is -2.24. The minimum atomic E-state index is -4.80. The number of carboxylic acids is 1. The quantitative estimate of drug-likeness (QED) is 0.864. The molecule has 1 rings (SSSR count). The molecule has 0 aromatic heterocycles. The molecule has 1 aromatic rings. The molecule has 1 atom stereocenters. The van der Waals surface area contributed by atoms with Gasteiger partial charge < -0.3 is 5.11 Å². The minimum Gasteiger partial charge on any atom is -0.481 e. The molecule has 0 saturated heterocycles. The lowest BCUT2D eigenvalue weighted by atomic mass is 9.94. The van der Waals surface area contributed by atoms with Gasteiger partial charge in [-0.15, -0.1) is 0 Å². The molecule has 2 nitrogen and oxygen atoms in total. The van der Waals surface area contributed by atoms with Gasteiger partial charge in [0.15, 0.2) is 0 Å². The van der Waals surface area contributed by atoms with Gasteiger partial charge in [0.2, 0.25) is 0 Å². The smallest absolute Gasteiger partial charge is 0.396 e. The fraction of sp³-hybridized carbons (Fsp3) is 0.300. The molecule has 1 aromatic carbocycles. The van der Waals surface area contributed by atoms with Gasteiger partial charge in [-0.05, 0) is 12.1 Å². The summed E-state index contributed by atoms with van der Waals surface area (Å²) in [4.78, 5) is 10.4. The van der Waals surface area contributed by atoms with E-state index in [-0.39, 0.29) is 4.47 Å². The van der Waals surface area contributed by atoms with Crippen LogP contribution in [0.15, 0.2) is 22.7 Å². The molecule has 0 aliphatic carbocycles. The second kappa shape index (κ2) is 5.03. The first-order valence-corrected chi connectivity index (χ1v) is 5.24. The molecule has 0 saturated carbocycles. The van der Waals surface area contributed by atoms with Gasteiger partial charge in [-0.2, -0.15) is 13.2 Å². The number of rotatable bonds is 3. The molecule has 1 N–H and O–H groups in total. The summed E-state index contributed by atoms with van der Waals surface area (Å²) in [5, 5.41) is 8.42. The molecule has 7 heteroatoms. The van der Waals surface area contributed by atoms with E-state index in [9.17, 15) is 22.4 Å². The summed E-state index contributed by atoms with van der Waals surface area (Å²) in [5.41, 5.74) is -0.664. The van der Waals surface area contributed by atoms with Crippen molar-refractivity contribution in [2.45, 2.75) is 18.5 Å². The molecule has 0 spiro atoms. The highest BCUT2D eigenvalue weighted by molar-refractivity contribution is 9.10. The van der Waals surface area contributed by atoms with Crippen LogP contribution in [0, 0.1) is 5.82 Å². The van der Waals surface area contributed by atoms with Crippen LogP contribution >= 0.6 is 15.9 Å². The Labute approximate surface area is 102 Å². The largest absolute Gasteiger partial charge is 0.481 e. The van der Waals surface area contributed by atoms with Gasteiger partial charge in [0.05, 0.1) is 12.3 Å². The maximum absolute atomic E-state index is 13.4. The Morgan fingerprint density at radius 1 is 1.41 bits per heavy atom. The monoisotopic (exact) mass is 314 g/mol. The summed E-state index contributed by atoms with van der Waals surface area (Å²) in [5.74, 6) is -5.05. The van der Waals surface area contributed by atoms with Crippen molar-refractivity contribution in [3.8, 4) is 0 Å². The topological polar surface area (TPSA) is 37.3 Å². The first-order chi connectivity index (χ1) is 7.71. The Balaban J connectivity index is 3.17. The van der Waals surface area contributed by atoms with E-state index in [1.165, 1.54) is 6.07 Å². The zero-order valence-corrected chi connectivity index (χ0v) is 9.85. The van der Waals surface area contributed by atoms with E-state index in [0.717, 1.165) is 12.1 Å². The van der Waals surface area contributed by atoms with Crippen LogP contribution in [0.2, 0.25) is 0 Å². The van der Waals surface area contributed by atoms with Gasteiger partial charge in [0, 0.05) is 10.0 Å². The minimum absolute atomic E-state index is 0.287. The molecule has 1 unspecified atom stereocenters. The molecule has 0 heterocycles. The van der Waals surface area contributed by atoms with Gasteiger partial charge in [0.25, 0.3) is 0 Å². The van der Waals surface area contributed by atoms with Crippen LogP contribution in [-0.4, -0.2) is 17.3 Å². The predicted molar refractivity (Wildman–Crippen MR) is 55.1 cm³/mol. The van der Waals surface area contributed by atoms with E-state index < -0.39 is 35.9 Å². The van der Waals surface area contributed by atoms with Gasteiger partial charge in [-0.3, -0.25) is 4.79 Å². The lowest BCUT2D eigenvalue weighted by molar-refractivity contribution is -0.163. The average Bonchev–Trinajstić information content (AvgIpc) is 2.13. The molecular formula is C10H7BrF4O2. The van der Waals surface area contributed by atoms with Gasteiger partial charge >= 0.3 is 12.1 Å². The second-order valence-electron chi connectivity index (χ2n) is 3.36. The molecule has 0 aliphatic heterocycles. The number of benzene rings is 1. The normalized spacial score (nSPS) is 13.5. The van der Waals surface area contributed by atoms with Crippen LogP contribution < -0.4 is 0 Å². The second-order valence-corrected chi connectivity index (χ2v) is 4.27. The summed E-state index contributed by atoms with van der Waals surface area (Å²) in [6, 6.07) is 3.04. The van der Waals surface area contributed by atoms with Crippen molar-refractivity contribution in [2.24, 2.45) is 0 Å². The number of carbonyl (C=O) groups is 1. The van der Waals surface area contributed by atoms with Crippen molar-refractivity contribution < 1.29 is 27.5 Å². The van der Waals surface area contributed by atoms with Crippen molar-refractivity contribution in [3.63, 3.8) is 0 Å². The zero-order chi connectivity index (χ0) is 13.2. The molecule has 0 aliphatic rings. The van der Waals surface area contributed by atoms with Crippen molar-refractivity contribution >= 4 is 21.9 Å². The Morgan fingerprint density at radius 2 is 2.00 bits per heavy atom. The summed E-state index contributed by atoms with van der Waals surface area (Å²) in [6.07, 6.45) is -5.99. The first-order valence-electron chi connectivity index (χ1n) is 4.45. The van der Waals surface area contributed by atoms with E-state index in [4.69, 9.17) is 5.11 Å². The maximum Gasteiger partial charge on any atom is 0.396 e. The summed E-state index contributed by atoms with van der Waals surface area (Å²) in [7, 11) is 0. The standard InChI is InChI=1S/C10H7BrF4O2/c11-5-1-2-6(8(12)3-5)7(4-9(16)17)10(13,14)15/h1-3,7H,4H2,(H,16,17). The third kappa shape index (κ3) is 3.69. The molecule has 94 valence electrons. The molecule has 0 bridgehead atoms. The van der Waals surface area contributed by atoms with Crippen molar-refractivity contribution in [1.29, 1.82) is 0 Å². The first kappa shape index (κ1) is 14.0. The number of aliphatic carboxylic acids is 1. The zero-order valence-electron chi connectivity index (χ0n) is 8.26. The van der Waals surface area contributed by atoms with Crippen molar-refractivity contribution in [2.75, 3.05) is 0 Å². The van der Waals surface area contributed by atoms with E-state index >= 15 is 0 Å². The van der Waals surface area contributed by atoms with Gasteiger partial charge in [0.1, 0.15) is 5.82 Å². The Hall–Kier alpha value is -1.11. The molecule has 17 heavy (non-hydrogen) atoms. The summed E-state index contributed by atoms with van der Waals surface area (Å²) >= 11 is 2.91. The Morgan fingerprint density at radius 3 is 2.41 bits per heavy atom. The Bertz CT molecular complexity index is 431. The van der Waals surface area contributed by atoms with E-state index in [0.29, 0.717) is 0 Å². The SMILES string of the molecule is O=C(O)CC(c1ccc(Br)cc1F)C(F)(F)F. The highest BCUT2D eigenvalue weighted by atomic mass is 79.9. The number of halogens is 5. The molecule has 0 fully saturated rings. The van der Waals surface area contributed by atoms with Crippen LogP contribution in [0.5, 0.6) is 0 Å². The fourth-order valence-electron chi connectivity index (χ4n) is 1.36. The average molecular weight is 315 g/mol. The molecule has 0 amide bonds. The van der Waals surface area contributed by atoms with Crippen molar-refractivity contribution in [1.82, 2.24) is 0 Å². The predicted octanol–water partition coefficient (Wildman–Crippen LogP) is 3.71. The van der Waals surface area contributed by atoms with Gasteiger partial charge in [-0.25, -0.2) is 4.39 Å². The third-order valence-electron chi connectivity index (χ3n) is 2.11. The summed E-state index contributed by atoms with van der Waals surface area (Å²) < 4.78 is 51.5. The van der Waals surface area contributed by atoms with E-state index in [1.807, 2.05) is 0 Å². The number of carboxylic acid groups (broad SMARTS) is 1. The van der Waals surface area contributed by atoms with Crippen LogP contribution in [-0.2, 0) is 4.79 Å². The van der Waals surface area contributed by atoms with E-state index in [2.05, 4.69) is 15.9 Å². The lowest BCUT2D eigenvalue weighted by Gasteiger charge is -2.19. The number of alkyl halides is 3.